The maximum Gasteiger partial charge on any atom is 0.340 e. The van der Waals surface area contributed by atoms with Crippen molar-refractivity contribution in [1.29, 1.82) is 0 Å². The van der Waals surface area contributed by atoms with Crippen LogP contribution in [0.15, 0.2) is 33.5 Å². The van der Waals surface area contributed by atoms with Crippen molar-refractivity contribution in [3.8, 4) is 0 Å². The van der Waals surface area contributed by atoms with Crippen LogP contribution in [0.5, 0.6) is 0 Å². The average molecular weight is 327 g/mol. The molecule has 0 aliphatic carbocycles. The van der Waals surface area contributed by atoms with Gasteiger partial charge in [-0.05, 0) is 37.6 Å². The molecule has 0 saturated heterocycles. The Bertz CT molecular complexity index is 990. The third-order valence-electron chi connectivity index (χ3n) is 3.75. The van der Waals surface area contributed by atoms with Gasteiger partial charge in [0, 0.05) is 7.11 Å². The van der Waals surface area contributed by atoms with Crippen molar-refractivity contribution >= 4 is 28.0 Å². The van der Waals surface area contributed by atoms with E-state index in [0.717, 1.165) is 5.56 Å². The van der Waals surface area contributed by atoms with Gasteiger partial charge in [0.15, 0.2) is 0 Å². The molecule has 0 aliphatic heterocycles. The summed E-state index contributed by atoms with van der Waals surface area (Å²) in [5, 5.41) is 0.716. The summed E-state index contributed by atoms with van der Waals surface area (Å²) in [6.07, 6.45) is 0. The summed E-state index contributed by atoms with van der Waals surface area (Å²) >= 11 is 0. The Balaban J connectivity index is 2.14. The average Bonchev–Trinajstić information content (AvgIpc) is 2.54. The number of nitrogens with zero attached hydrogens (tertiary/aromatic N) is 1. The summed E-state index contributed by atoms with van der Waals surface area (Å²) in [6, 6.07) is 6.83. The van der Waals surface area contributed by atoms with Gasteiger partial charge < -0.3 is 13.9 Å². The van der Waals surface area contributed by atoms with Crippen molar-refractivity contribution in [2.24, 2.45) is 0 Å². The van der Waals surface area contributed by atoms with Gasteiger partial charge in [0.25, 0.3) is 0 Å². The lowest BCUT2D eigenvalue weighted by molar-refractivity contribution is 0.0387. The molecule has 6 nitrogen and oxygen atoms in total. The van der Waals surface area contributed by atoms with Crippen LogP contribution in [0, 0.1) is 13.8 Å². The van der Waals surface area contributed by atoms with E-state index in [1.807, 2.05) is 13.0 Å². The van der Waals surface area contributed by atoms with Gasteiger partial charge in [-0.15, -0.1) is 0 Å². The molecule has 2 aromatic heterocycles. The lowest BCUT2D eigenvalue weighted by Gasteiger charge is -2.08. The highest BCUT2D eigenvalue weighted by Gasteiger charge is 2.17. The highest BCUT2D eigenvalue weighted by atomic mass is 16.6. The van der Waals surface area contributed by atoms with Gasteiger partial charge in [-0.3, -0.25) is 4.79 Å². The second-order valence-corrected chi connectivity index (χ2v) is 5.53. The number of pyridine rings is 1. The Morgan fingerprint density at radius 2 is 1.96 bits per heavy atom. The molecule has 0 aliphatic rings. The standard InChI is InChI=1S/C18H17NO5/c1-10-4-5-12-15(8-10)24-17-14(16(12)20)9-13(11(2)19-17)18(21)23-7-6-22-3/h4-5,8-9H,6-7H2,1-3H3. The van der Waals surface area contributed by atoms with E-state index in [1.165, 1.54) is 13.2 Å². The molecule has 0 radical (unpaired) electrons. The van der Waals surface area contributed by atoms with Crippen LogP contribution in [-0.2, 0) is 9.47 Å². The maximum absolute atomic E-state index is 12.7. The van der Waals surface area contributed by atoms with E-state index in [4.69, 9.17) is 13.9 Å². The molecule has 0 N–H and O–H groups in total. The monoisotopic (exact) mass is 327 g/mol. The molecule has 124 valence electrons. The van der Waals surface area contributed by atoms with Crippen molar-refractivity contribution in [2.45, 2.75) is 13.8 Å². The minimum absolute atomic E-state index is 0.137. The molecular formula is C18H17NO5. The summed E-state index contributed by atoms with van der Waals surface area (Å²) in [6.45, 7) is 4.03. The van der Waals surface area contributed by atoms with Crippen LogP contribution in [0.4, 0.5) is 0 Å². The van der Waals surface area contributed by atoms with E-state index >= 15 is 0 Å². The molecule has 0 spiro atoms. The lowest BCUT2D eigenvalue weighted by Crippen LogP contribution is -2.13. The summed E-state index contributed by atoms with van der Waals surface area (Å²) < 4.78 is 15.7. The summed E-state index contributed by atoms with van der Waals surface area (Å²) in [7, 11) is 1.52. The van der Waals surface area contributed by atoms with E-state index in [2.05, 4.69) is 4.98 Å². The molecule has 0 atom stereocenters. The minimum atomic E-state index is -0.539. The van der Waals surface area contributed by atoms with Gasteiger partial charge in [-0.2, -0.15) is 0 Å². The molecule has 24 heavy (non-hydrogen) atoms. The zero-order valence-electron chi connectivity index (χ0n) is 13.7. The fourth-order valence-electron chi connectivity index (χ4n) is 2.48. The van der Waals surface area contributed by atoms with Crippen molar-refractivity contribution in [1.82, 2.24) is 4.98 Å². The van der Waals surface area contributed by atoms with Crippen LogP contribution in [0.1, 0.15) is 21.6 Å². The molecule has 0 saturated carbocycles. The predicted octanol–water partition coefficient (Wildman–Crippen LogP) is 2.76. The fourth-order valence-corrected chi connectivity index (χ4v) is 2.48. The first-order valence-corrected chi connectivity index (χ1v) is 7.52. The first kappa shape index (κ1) is 16.1. The molecular weight excluding hydrogens is 310 g/mol. The van der Waals surface area contributed by atoms with Gasteiger partial charge in [0.1, 0.15) is 12.2 Å². The van der Waals surface area contributed by atoms with Gasteiger partial charge >= 0.3 is 5.97 Å². The van der Waals surface area contributed by atoms with Gasteiger partial charge in [0.2, 0.25) is 11.1 Å². The smallest absolute Gasteiger partial charge is 0.340 e. The zero-order valence-corrected chi connectivity index (χ0v) is 13.7. The molecule has 0 amide bonds. The number of carbonyl (C=O) groups excluding carboxylic acids is 1. The SMILES string of the molecule is COCCOC(=O)c1cc2c(=O)c3ccc(C)cc3oc2nc1C. The third-order valence-corrected chi connectivity index (χ3v) is 3.75. The van der Waals surface area contributed by atoms with Gasteiger partial charge in [-0.1, -0.05) is 6.07 Å². The quantitative estimate of drug-likeness (QED) is 0.416. The third kappa shape index (κ3) is 2.88. The van der Waals surface area contributed by atoms with E-state index in [-0.39, 0.29) is 28.7 Å². The number of carbonyl (C=O) groups is 1. The Kier molecular flexibility index (Phi) is 4.31. The number of fused-ring (bicyclic) bond motifs is 2. The molecule has 2 heterocycles. The minimum Gasteiger partial charge on any atom is -0.460 e. The summed E-state index contributed by atoms with van der Waals surface area (Å²) in [5.41, 5.74) is 2.15. The molecule has 3 rings (SSSR count). The number of rotatable bonds is 4. The molecule has 1 aromatic carbocycles. The number of aromatic nitrogens is 1. The summed E-state index contributed by atoms with van der Waals surface area (Å²) in [5.74, 6) is -0.539. The van der Waals surface area contributed by atoms with Crippen LogP contribution in [0.3, 0.4) is 0 Å². The van der Waals surface area contributed by atoms with Crippen LogP contribution >= 0.6 is 0 Å². The predicted molar refractivity (Wildman–Crippen MR) is 89.4 cm³/mol. The Labute approximate surface area is 138 Å². The van der Waals surface area contributed by atoms with Crippen molar-refractivity contribution in [3.05, 3.63) is 51.3 Å². The van der Waals surface area contributed by atoms with Crippen LogP contribution in [0.25, 0.3) is 22.1 Å². The van der Waals surface area contributed by atoms with Gasteiger partial charge in [-0.25, -0.2) is 9.78 Å². The molecule has 0 unspecified atom stereocenters. The largest absolute Gasteiger partial charge is 0.460 e. The molecule has 6 heteroatoms. The van der Waals surface area contributed by atoms with Crippen LogP contribution < -0.4 is 5.43 Å². The second-order valence-electron chi connectivity index (χ2n) is 5.53. The first-order valence-electron chi connectivity index (χ1n) is 7.52. The number of esters is 1. The maximum atomic E-state index is 12.7. The number of aryl methyl sites for hydroxylation is 2. The van der Waals surface area contributed by atoms with Crippen LogP contribution in [-0.4, -0.2) is 31.3 Å². The van der Waals surface area contributed by atoms with E-state index in [9.17, 15) is 9.59 Å². The number of ether oxygens (including phenoxy) is 2. The lowest BCUT2D eigenvalue weighted by atomic mass is 10.1. The van der Waals surface area contributed by atoms with E-state index in [0.29, 0.717) is 23.3 Å². The Morgan fingerprint density at radius 1 is 1.17 bits per heavy atom. The Hall–Kier alpha value is -2.73. The Morgan fingerprint density at radius 3 is 2.71 bits per heavy atom. The fraction of sp³-hybridized carbons (Fsp3) is 0.278. The molecule has 0 fully saturated rings. The number of benzene rings is 1. The highest BCUT2D eigenvalue weighted by Crippen LogP contribution is 2.21. The van der Waals surface area contributed by atoms with Crippen molar-refractivity contribution in [3.63, 3.8) is 0 Å². The van der Waals surface area contributed by atoms with Crippen molar-refractivity contribution < 1.29 is 18.7 Å². The number of hydrogen-bond donors (Lipinski definition) is 0. The van der Waals surface area contributed by atoms with E-state index in [1.54, 1.807) is 19.1 Å². The van der Waals surface area contributed by atoms with Gasteiger partial charge in [0.05, 0.1) is 28.6 Å². The molecule has 3 aromatic rings. The number of hydrogen-bond acceptors (Lipinski definition) is 6. The number of methoxy groups -OCH3 is 1. The summed E-state index contributed by atoms with van der Waals surface area (Å²) in [4.78, 5) is 29.1. The topological polar surface area (TPSA) is 78.6 Å². The zero-order chi connectivity index (χ0) is 17.3. The first-order chi connectivity index (χ1) is 11.5. The second kappa shape index (κ2) is 6.41. The normalized spacial score (nSPS) is 11.1. The van der Waals surface area contributed by atoms with Crippen LogP contribution in [0.2, 0.25) is 0 Å². The highest BCUT2D eigenvalue weighted by molar-refractivity contribution is 5.96. The molecule has 0 bridgehead atoms. The van der Waals surface area contributed by atoms with E-state index < -0.39 is 5.97 Å². The van der Waals surface area contributed by atoms with Crippen molar-refractivity contribution in [2.75, 3.05) is 20.3 Å².